The van der Waals surface area contributed by atoms with E-state index < -0.39 is 0 Å². The fourth-order valence-electron chi connectivity index (χ4n) is 2.18. The lowest BCUT2D eigenvalue weighted by Gasteiger charge is -2.19. The highest BCUT2D eigenvalue weighted by molar-refractivity contribution is 6.31. The average molecular weight is 350 g/mol. The van der Waals surface area contributed by atoms with Crippen molar-refractivity contribution in [3.8, 4) is 11.5 Å². The first-order valence-corrected chi connectivity index (χ1v) is 7.81. The van der Waals surface area contributed by atoms with Crippen LogP contribution in [0.4, 0.5) is 5.69 Å². The van der Waals surface area contributed by atoms with Gasteiger partial charge in [-0.1, -0.05) is 17.7 Å². The summed E-state index contributed by atoms with van der Waals surface area (Å²) in [5.41, 5.74) is 2.09. The molecule has 0 aliphatic heterocycles. The van der Waals surface area contributed by atoms with Gasteiger partial charge in [0.1, 0.15) is 6.61 Å². The molecule has 0 atom stereocenters. The minimum atomic E-state index is -0.202. The fraction of sp³-hybridized carbons (Fsp3) is 0.278. The zero-order chi connectivity index (χ0) is 17.7. The number of methoxy groups -OCH3 is 1. The molecule has 2 rings (SSSR count). The topological polar surface area (TPSA) is 59.0 Å². The maximum atomic E-state index is 12.7. The molecular weight excluding hydrogens is 330 g/mol. The van der Waals surface area contributed by atoms with E-state index in [9.17, 15) is 4.79 Å². The van der Waals surface area contributed by atoms with Crippen molar-refractivity contribution in [3.63, 3.8) is 0 Å². The number of aliphatic hydroxyl groups excluding tert-OH is 1. The van der Waals surface area contributed by atoms with Gasteiger partial charge in [0.05, 0.1) is 13.7 Å². The second kappa shape index (κ2) is 8.04. The van der Waals surface area contributed by atoms with Crippen molar-refractivity contribution in [3.05, 3.63) is 52.5 Å². The molecule has 0 fully saturated rings. The Morgan fingerprint density at radius 1 is 1.21 bits per heavy atom. The lowest BCUT2D eigenvalue weighted by atomic mass is 10.1. The molecule has 0 unspecified atom stereocenters. The molecule has 24 heavy (non-hydrogen) atoms. The Bertz CT molecular complexity index is 733. The number of hydrogen-bond acceptors (Lipinski definition) is 4. The summed E-state index contributed by atoms with van der Waals surface area (Å²) in [7, 11) is 3.20. The third-order valence-electron chi connectivity index (χ3n) is 3.61. The summed E-state index contributed by atoms with van der Waals surface area (Å²) >= 11 is 6.13. The molecule has 0 bridgehead atoms. The SMILES string of the molecule is COc1ccc(C(=O)N(C)c2ccc(C)c(Cl)c2)cc1OCCO. The lowest BCUT2D eigenvalue weighted by Crippen LogP contribution is -2.26. The predicted molar refractivity (Wildman–Crippen MR) is 94.5 cm³/mol. The molecule has 1 amide bonds. The van der Waals surface area contributed by atoms with E-state index in [1.807, 2.05) is 19.1 Å². The molecule has 2 aromatic carbocycles. The minimum absolute atomic E-state index is 0.122. The van der Waals surface area contributed by atoms with E-state index in [-0.39, 0.29) is 19.1 Å². The van der Waals surface area contributed by atoms with Crippen molar-refractivity contribution in [2.24, 2.45) is 0 Å². The number of carbonyl (C=O) groups is 1. The number of halogens is 1. The van der Waals surface area contributed by atoms with Gasteiger partial charge in [0.2, 0.25) is 0 Å². The molecule has 0 aliphatic rings. The maximum Gasteiger partial charge on any atom is 0.258 e. The van der Waals surface area contributed by atoms with Gasteiger partial charge in [0.15, 0.2) is 11.5 Å². The summed E-state index contributed by atoms with van der Waals surface area (Å²) in [6.07, 6.45) is 0. The Hall–Kier alpha value is -2.24. The highest BCUT2D eigenvalue weighted by atomic mass is 35.5. The molecule has 0 aromatic heterocycles. The highest BCUT2D eigenvalue weighted by Gasteiger charge is 2.17. The molecule has 0 saturated heterocycles. The number of rotatable bonds is 6. The first-order valence-electron chi connectivity index (χ1n) is 7.44. The summed E-state index contributed by atoms with van der Waals surface area (Å²) in [6, 6.07) is 10.4. The van der Waals surface area contributed by atoms with Crippen LogP contribution < -0.4 is 14.4 Å². The monoisotopic (exact) mass is 349 g/mol. The summed E-state index contributed by atoms with van der Waals surface area (Å²) in [4.78, 5) is 14.2. The van der Waals surface area contributed by atoms with Crippen LogP contribution in [0.5, 0.6) is 11.5 Å². The van der Waals surface area contributed by atoms with Crippen molar-refractivity contribution in [2.75, 3.05) is 32.3 Å². The summed E-state index contributed by atoms with van der Waals surface area (Å²) < 4.78 is 10.6. The van der Waals surface area contributed by atoms with Crippen molar-refractivity contribution >= 4 is 23.2 Å². The molecular formula is C18H20ClNO4. The smallest absolute Gasteiger partial charge is 0.258 e. The van der Waals surface area contributed by atoms with Crippen LogP contribution in [-0.2, 0) is 0 Å². The molecule has 1 N–H and O–H groups in total. The van der Waals surface area contributed by atoms with Crippen LogP contribution in [0.1, 0.15) is 15.9 Å². The quantitative estimate of drug-likeness (QED) is 0.869. The first-order chi connectivity index (χ1) is 11.5. The van der Waals surface area contributed by atoms with Gasteiger partial charge in [-0.05, 0) is 42.8 Å². The number of nitrogens with zero attached hydrogens (tertiary/aromatic N) is 1. The normalized spacial score (nSPS) is 10.4. The molecule has 0 saturated carbocycles. The molecule has 5 nitrogen and oxygen atoms in total. The number of hydrogen-bond donors (Lipinski definition) is 1. The third-order valence-corrected chi connectivity index (χ3v) is 4.01. The highest BCUT2D eigenvalue weighted by Crippen LogP contribution is 2.29. The second-order valence-corrected chi connectivity index (χ2v) is 5.64. The minimum Gasteiger partial charge on any atom is -0.493 e. The molecule has 0 aliphatic carbocycles. The van der Waals surface area contributed by atoms with E-state index in [1.54, 1.807) is 31.3 Å². The van der Waals surface area contributed by atoms with Crippen LogP contribution in [0.3, 0.4) is 0 Å². The number of aryl methyl sites for hydroxylation is 1. The number of carbonyl (C=O) groups excluding carboxylic acids is 1. The van der Waals surface area contributed by atoms with E-state index in [1.165, 1.54) is 12.0 Å². The van der Waals surface area contributed by atoms with E-state index in [0.717, 1.165) is 5.56 Å². The Morgan fingerprint density at radius 2 is 1.96 bits per heavy atom. The second-order valence-electron chi connectivity index (χ2n) is 5.24. The Labute approximate surface area is 146 Å². The summed E-state index contributed by atoms with van der Waals surface area (Å²) in [5, 5.41) is 9.51. The zero-order valence-electron chi connectivity index (χ0n) is 13.9. The van der Waals surface area contributed by atoms with Crippen LogP contribution >= 0.6 is 11.6 Å². The molecule has 6 heteroatoms. The zero-order valence-corrected chi connectivity index (χ0v) is 14.6. The molecule has 128 valence electrons. The van der Waals surface area contributed by atoms with Gasteiger partial charge in [0, 0.05) is 23.3 Å². The Kier molecular flexibility index (Phi) is 6.06. The molecule has 2 aromatic rings. The third kappa shape index (κ3) is 3.99. The summed E-state index contributed by atoms with van der Waals surface area (Å²) in [5.74, 6) is 0.709. The largest absolute Gasteiger partial charge is 0.493 e. The Balaban J connectivity index is 2.29. The van der Waals surface area contributed by atoms with Gasteiger partial charge in [-0.25, -0.2) is 0 Å². The average Bonchev–Trinajstić information content (AvgIpc) is 2.60. The van der Waals surface area contributed by atoms with Crippen molar-refractivity contribution in [1.82, 2.24) is 0 Å². The van der Waals surface area contributed by atoms with Crippen LogP contribution in [0.15, 0.2) is 36.4 Å². The fourth-order valence-corrected chi connectivity index (χ4v) is 2.35. The Morgan fingerprint density at radius 3 is 2.58 bits per heavy atom. The van der Waals surface area contributed by atoms with Crippen LogP contribution in [0, 0.1) is 6.92 Å². The number of aliphatic hydroxyl groups is 1. The lowest BCUT2D eigenvalue weighted by molar-refractivity contribution is 0.0992. The number of ether oxygens (including phenoxy) is 2. The van der Waals surface area contributed by atoms with E-state index in [0.29, 0.717) is 27.8 Å². The van der Waals surface area contributed by atoms with Crippen molar-refractivity contribution in [1.29, 1.82) is 0 Å². The van der Waals surface area contributed by atoms with Crippen LogP contribution in [-0.4, -0.2) is 38.4 Å². The molecule has 0 spiro atoms. The van der Waals surface area contributed by atoms with Crippen LogP contribution in [0.2, 0.25) is 5.02 Å². The van der Waals surface area contributed by atoms with Gasteiger partial charge in [-0.2, -0.15) is 0 Å². The summed E-state index contributed by atoms with van der Waals surface area (Å²) in [6.45, 7) is 1.91. The predicted octanol–water partition coefficient (Wildman–Crippen LogP) is 3.30. The van der Waals surface area contributed by atoms with Gasteiger partial charge in [-0.15, -0.1) is 0 Å². The van der Waals surface area contributed by atoms with E-state index in [2.05, 4.69) is 0 Å². The number of benzene rings is 2. The van der Waals surface area contributed by atoms with Gasteiger partial charge in [0.25, 0.3) is 5.91 Å². The van der Waals surface area contributed by atoms with Crippen molar-refractivity contribution in [2.45, 2.75) is 6.92 Å². The molecule has 0 heterocycles. The van der Waals surface area contributed by atoms with Gasteiger partial charge in [-0.3, -0.25) is 4.79 Å². The molecule has 0 radical (unpaired) electrons. The first kappa shape index (κ1) is 18.1. The standard InChI is InChI=1S/C18H20ClNO4/c1-12-4-6-14(11-15(12)19)20(2)18(22)13-5-7-16(23-3)17(10-13)24-9-8-21/h4-7,10-11,21H,8-9H2,1-3H3. The van der Waals surface area contributed by atoms with E-state index in [4.69, 9.17) is 26.2 Å². The maximum absolute atomic E-state index is 12.7. The van der Waals surface area contributed by atoms with E-state index >= 15 is 0 Å². The van der Waals surface area contributed by atoms with Crippen LogP contribution in [0.25, 0.3) is 0 Å². The van der Waals surface area contributed by atoms with Gasteiger partial charge >= 0.3 is 0 Å². The van der Waals surface area contributed by atoms with Crippen molar-refractivity contribution < 1.29 is 19.4 Å². The van der Waals surface area contributed by atoms with Gasteiger partial charge < -0.3 is 19.5 Å². The number of anilines is 1. The number of amides is 1.